The Balaban J connectivity index is 1.89. The zero-order chi connectivity index (χ0) is 19.4. The van der Waals surface area contributed by atoms with Gasteiger partial charge in [-0.3, -0.25) is 19.6 Å². The van der Waals surface area contributed by atoms with E-state index in [4.69, 9.17) is 4.74 Å². The Morgan fingerprint density at radius 2 is 2.15 bits per heavy atom. The Hall–Kier alpha value is -2.43. The lowest BCUT2D eigenvalue weighted by atomic mass is 10.3. The monoisotopic (exact) mass is 428 g/mol. The first kappa shape index (κ1) is 19.9. The van der Waals surface area contributed by atoms with Gasteiger partial charge in [-0.25, -0.2) is 4.68 Å². The van der Waals surface area contributed by atoms with E-state index < -0.39 is 11.0 Å². The van der Waals surface area contributed by atoms with Gasteiger partial charge in [-0.1, -0.05) is 0 Å². The summed E-state index contributed by atoms with van der Waals surface area (Å²) in [7, 11) is 1.29. The molecule has 0 fully saturated rings. The van der Waals surface area contributed by atoms with Crippen molar-refractivity contribution in [3.63, 3.8) is 0 Å². The fourth-order valence-electron chi connectivity index (χ4n) is 2.44. The van der Waals surface area contributed by atoms with Gasteiger partial charge in [0.05, 0.1) is 22.2 Å². The van der Waals surface area contributed by atoms with Crippen molar-refractivity contribution >= 4 is 27.5 Å². The number of carbonyl (C=O) groups is 1. The average Bonchev–Trinajstić information content (AvgIpc) is 3.15. The molecule has 11 heteroatoms. The van der Waals surface area contributed by atoms with E-state index in [1.54, 1.807) is 6.92 Å². The maximum Gasteiger partial charge on any atom is 0.350 e. The third-order valence-electron chi connectivity index (χ3n) is 3.99. The lowest BCUT2D eigenvalue weighted by Gasteiger charge is -2.12. The van der Waals surface area contributed by atoms with Crippen molar-refractivity contribution in [2.45, 2.75) is 39.8 Å². The molecule has 0 radical (unpaired) electrons. The molecule has 2 aromatic rings. The lowest BCUT2D eigenvalue weighted by molar-refractivity contribution is -0.385. The van der Waals surface area contributed by atoms with Crippen LogP contribution in [0.15, 0.2) is 10.7 Å². The Morgan fingerprint density at radius 1 is 1.46 bits per heavy atom. The second-order valence-corrected chi connectivity index (χ2v) is 6.58. The molecule has 10 nitrogen and oxygen atoms in total. The van der Waals surface area contributed by atoms with E-state index in [-0.39, 0.29) is 17.5 Å². The van der Waals surface area contributed by atoms with Crippen molar-refractivity contribution in [2.75, 3.05) is 13.7 Å². The van der Waals surface area contributed by atoms with E-state index in [0.29, 0.717) is 19.5 Å². The number of halogens is 1. The molecule has 2 heterocycles. The molecule has 0 saturated carbocycles. The normalized spacial score (nSPS) is 12.0. The Labute approximate surface area is 158 Å². The van der Waals surface area contributed by atoms with Gasteiger partial charge in [0.15, 0.2) is 0 Å². The topological polar surface area (TPSA) is 117 Å². The minimum atomic E-state index is -0.694. The van der Waals surface area contributed by atoms with Crippen molar-refractivity contribution in [3.8, 4) is 5.88 Å². The van der Waals surface area contributed by atoms with Crippen LogP contribution in [0.2, 0.25) is 0 Å². The molecule has 0 aliphatic carbocycles. The number of methoxy groups -OCH3 is 1. The quantitative estimate of drug-likeness (QED) is 0.390. The molecule has 0 aromatic carbocycles. The number of hydrogen-bond acceptors (Lipinski definition) is 6. The summed E-state index contributed by atoms with van der Waals surface area (Å²) in [5, 5.41) is 22.1. The van der Waals surface area contributed by atoms with E-state index >= 15 is 0 Å². The maximum absolute atomic E-state index is 12.2. The van der Waals surface area contributed by atoms with Crippen LogP contribution in [-0.4, -0.2) is 44.0 Å². The summed E-state index contributed by atoms with van der Waals surface area (Å²) in [5.74, 6) is -0.399. The van der Waals surface area contributed by atoms with Gasteiger partial charge in [0, 0.05) is 18.8 Å². The molecule has 1 atom stereocenters. The molecule has 0 aliphatic heterocycles. The zero-order valence-corrected chi connectivity index (χ0v) is 16.6. The minimum Gasteiger partial charge on any atom is -0.475 e. The summed E-state index contributed by atoms with van der Waals surface area (Å²) < 4.78 is 8.97. The van der Waals surface area contributed by atoms with Crippen LogP contribution in [0, 0.1) is 24.0 Å². The first-order valence-corrected chi connectivity index (χ1v) is 8.80. The van der Waals surface area contributed by atoms with E-state index in [1.807, 2.05) is 18.5 Å². The predicted octanol–water partition coefficient (Wildman–Crippen LogP) is 2.14. The summed E-state index contributed by atoms with van der Waals surface area (Å²) in [6.07, 6.45) is 1.89. The minimum absolute atomic E-state index is 0.121. The summed E-state index contributed by atoms with van der Waals surface area (Å²) in [6.45, 7) is 6.65. The molecule has 2 aromatic heterocycles. The fourth-order valence-corrected chi connectivity index (χ4v) is 2.72. The summed E-state index contributed by atoms with van der Waals surface area (Å²) in [6, 6.07) is -0.694. The van der Waals surface area contributed by atoms with Crippen molar-refractivity contribution in [1.29, 1.82) is 0 Å². The maximum atomic E-state index is 12.2. The summed E-state index contributed by atoms with van der Waals surface area (Å²) in [5.41, 5.74) is 1.69. The molecule has 1 amide bonds. The third kappa shape index (κ3) is 4.21. The molecule has 0 spiro atoms. The molecule has 0 bridgehead atoms. The van der Waals surface area contributed by atoms with Crippen molar-refractivity contribution in [1.82, 2.24) is 24.9 Å². The van der Waals surface area contributed by atoms with Gasteiger partial charge in [0.25, 0.3) is 0 Å². The molecule has 1 unspecified atom stereocenters. The molecule has 2 rings (SSSR count). The number of carbonyl (C=O) groups excluding carboxylic acids is 1. The number of nitrogens with one attached hydrogen (secondary N) is 1. The molecular formula is C15H21BrN6O4. The smallest absolute Gasteiger partial charge is 0.350 e. The SMILES string of the molecule is COc1nn(C(C)C(=O)NCCCn2nc(C)c(Br)c2C)cc1[N+](=O)[O-]. The largest absolute Gasteiger partial charge is 0.475 e. The predicted molar refractivity (Wildman–Crippen MR) is 97.2 cm³/mol. The van der Waals surface area contributed by atoms with Gasteiger partial charge in [-0.15, -0.1) is 5.10 Å². The Kier molecular flexibility index (Phi) is 6.35. The standard InChI is InChI=1S/C15H21BrN6O4/c1-9-13(16)10(2)20(18-9)7-5-6-17-14(23)11(3)21-8-12(22(24)25)15(19-21)26-4/h8,11H,5-7H2,1-4H3,(H,17,23). The van der Waals surface area contributed by atoms with E-state index in [9.17, 15) is 14.9 Å². The molecule has 142 valence electrons. The highest BCUT2D eigenvalue weighted by Gasteiger charge is 2.25. The van der Waals surface area contributed by atoms with Gasteiger partial charge >= 0.3 is 11.6 Å². The zero-order valence-electron chi connectivity index (χ0n) is 15.0. The van der Waals surface area contributed by atoms with Crippen LogP contribution in [0.3, 0.4) is 0 Å². The number of amides is 1. The second-order valence-electron chi connectivity index (χ2n) is 5.79. The molecule has 0 aliphatic rings. The van der Waals surface area contributed by atoms with Gasteiger partial charge in [-0.05, 0) is 43.1 Å². The first-order chi connectivity index (χ1) is 12.3. The highest BCUT2D eigenvalue weighted by atomic mass is 79.9. The van der Waals surface area contributed by atoms with Gasteiger partial charge in [0.2, 0.25) is 5.91 Å². The number of aryl methyl sites for hydroxylation is 2. The highest BCUT2D eigenvalue weighted by Crippen LogP contribution is 2.26. The summed E-state index contributed by atoms with van der Waals surface area (Å²) in [4.78, 5) is 22.6. The van der Waals surface area contributed by atoms with Gasteiger partial charge in [-0.2, -0.15) is 5.10 Å². The first-order valence-electron chi connectivity index (χ1n) is 8.01. The molecule has 0 saturated heterocycles. The number of aromatic nitrogens is 4. The van der Waals surface area contributed by atoms with Crippen LogP contribution in [-0.2, 0) is 11.3 Å². The molecule has 1 N–H and O–H groups in total. The van der Waals surface area contributed by atoms with Crippen LogP contribution < -0.4 is 10.1 Å². The van der Waals surface area contributed by atoms with E-state index in [2.05, 4.69) is 31.4 Å². The van der Waals surface area contributed by atoms with E-state index in [1.165, 1.54) is 18.0 Å². The number of ether oxygens (including phenoxy) is 1. The number of hydrogen-bond donors (Lipinski definition) is 1. The molecular weight excluding hydrogens is 408 g/mol. The number of nitrogens with zero attached hydrogens (tertiary/aromatic N) is 5. The lowest BCUT2D eigenvalue weighted by Crippen LogP contribution is -2.32. The number of nitro groups is 1. The van der Waals surface area contributed by atoms with Crippen LogP contribution in [0.25, 0.3) is 0 Å². The van der Waals surface area contributed by atoms with Gasteiger partial charge in [0.1, 0.15) is 12.2 Å². The Bertz CT molecular complexity index is 815. The van der Waals surface area contributed by atoms with Crippen LogP contribution in [0.1, 0.15) is 30.8 Å². The molecule has 26 heavy (non-hydrogen) atoms. The summed E-state index contributed by atoms with van der Waals surface area (Å²) >= 11 is 3.48. The van der Waals surface area contributed by atoms with Crippen LogP contribution in [0.4, 0.5) is 5.69 Å². The van der Waals surface area contributed by atoms with Crippen molar-refractivity contribution in [3.05, 3.63) is 32.2 Å². The Morgan fingerprint density at radius 3 is 2.65 bits per heavy atom. The van der Waals surface area contributed by atoms with Crippen molar-refractivity contribution in [2.24, 2.45) is 0 Å². The third-order valence-corrected chi connectivity index (χ3v) is 5.13. The average molecular weight is 429 g/mol. The van der Waals surface area contributed by atoms with E-state index in [0.717, 1.165) is 15.9 Å². The second kappa shape index (κ2) is 8.30. The number of rotatable bonds is 8. The van der Waals surface area contributed by atoms with Crippen LogP contribution in [0.5, 0.6) is 5.88 Å². The van der Waals surface area contributed by atoms with Crippen molar-refractivity contribution < 1.29 is 14.5 Å². The van der Waals surface area contributed by atoms with Crippen LogP contribution >= 0.6 is 15.9 Å². The fraction of sp³-hybridized carbons (Fsp3) is 0.533. The van der Waals surface area contributed by atoms with Gasteiger partial charge < -0.3 is 10.1 Å². The highest BCUT2D eigenvalue weighted by molar-refractivity contribution is 9.10.